The van der Waals surface area contributed by atoms with Crippen molar-refractivity contribution >= 4 is 75.1 Å². The molecule has 0 aliphatic rings. The minimum absolute atomic E-state index is 0.284. The van der Waals surface area contributed by atoms with Crippen LogP contribution >= 0.6 is 0 Å². The second kappa shape index (κ2) is 45.2. The zero-order valence-electron chi connectivity index (χ0n) is 42.4. The molecule has 0 fully saturated rings. The van der Waals surface area contributed by atoms with Gasteiger partial charge in [-0.2, -0.15) is 0 Å². The predicted molar refractivity (Wildman–Crippen MR) is 260 cm³/mol. The Hall–Kier alpha value is -1.58. The van der Waals surface area contributed by atoms with Gasteiger partial charge in [0.05, 0.1) is 0 Å². The fourth-order valence-corrected chi connectivity index (χ4v) is 21.8. The Labute approximate surface area is 402 Å². The Morgan fingerprint density at radius 3 is 0.656 bits per heavy atom. The predicted octanol–water partition coefficient (Wildman–Crippen LogP) is 14.5. The Kier molecular flexibility index (Phi) is 45.6. The summed E-state index contributed by atoms with van der Waals surface area (Å²) in [6, 6.07) is 0. The van der Waals surface area contributed by atoms with E-state index in [0.29, 0.717) is 21.7 Å². The molecule has 0 spiro atoms. The quantitative estimate of drug-likeness (QED) is 0.0421. The van der Waals surface area contributed by atoms with E-state index in [4.69, 9.17) is 18.4 Å². The molecule has 376 valence electrons. The summed E-state index contributed by atoms with van der Waals surface area (Å²) in [5.74, 6) is -2.90. The topological polar surface area (TPSA) is 158 Å². The van der Waals surface area contributed by atoms with Gasteiger partial charge < -0.3 is 0 Å². The second-order valence-corrected chi connectivity index (χ2v) is 31.7. The summed E-state index contributed by atoms with van der Waals surface area (Å²) in [6.45, 7) is 14.3. The average Bonchev–Trinajstić information content (AvgIpc) is 3.22. The molecule has 0 aliphatic carbocycles. The summed E-state index contributed by atoms with van der Waals surface area (Å²) in [6.07, 6.45) is 35.3. The molecule has 0 N–H and O–H groups in total. The summed E-state index contributed by atoms with van der Waals surface area (Å²) in [4.78, 5) is 72.4. The van der Waals surface area contributed by atoms with E-state index in [-0.39, 0.29) is 37.2 Å². The first kappa shape index (κ1) is 64.5. The molecule has 0 atom stereocenters. The molecular formula is C50H96O12Sn2. The average molecular weight is 1130 g/mol. The van der Waals surface area contributed by atoms with Gasteiger partial charge in [0, 0.05) is 0 Å². The molecule has 0 amide bonds. The van der Waals surface area contributed by atoms with Crippen LogP contribution in [-0.4, -0.2) is 75.1 Å². The van der Waals surface area contributed by atoms with E-state index in [1.54, 1.807) is 0 Å². The van der Waals surface area contributed by atoms with E-state index < -0.39 is 57.1 Å². The van der Waals surface area contributed by atoms with Crippen LogP contribution in [-0.2, 0) is 47.2 Å². The normalized spacial score (nSPS) is 11.2. The number of carbonyl (C=O) groups excluding carboxylic acids is 6. The summed E-state index contributed by atoms with van der Waals surface area (Å²) < 4.78 is 33.9. The number of hydrogen-bond donors (Lipinski definition) is 0. The molecule has 0 aliphatic heterocycles. The van der Waals surface area contributed by atoms with Crippen LogP contribution in [0.3, 0.4) is 0 Å². The summed E-state index contributed by atoms with van der Waals surface area (Å²) >= 11 is -9.18. The first-order chi connectivity index (χ1) is 30.7. The third kappa shape index (κ3) is 41.8. The zero-order valence-corrected chi connectivity index (χ0v) is 48.1. The molecule has 0 aromatic rings. The van der Waals surface area contributed by atoms with Gasteiger partial charge in [-0.25, -0.2) is 0 Å². The molecule has 0 unspecified atom stereocenters. The zero-order chi connectivity index (χ0) is 48.2. The van der Waals surface area contributed by atoms with Crippen molar-refractivity contribution in [2.75, 3.05) is 0 Å². The van der Waals surface area contributed by atoms with Gasteiger partial charge in [0.1, 0.15) is 0 Å². The van der Waals surface area contributed by atoms with Crippen LogP contribution in [0.15, 0.2) is 0 Å². The van der Waals surface area contributed by atoms with Crippen LogP contribution in [0.1, 0.15) is 274 Å². The molecule has 0 aromatic heterocycles. The molecule has 12 nitrogen and oxygen atoms in total. The van der Waals surface area contributed by atoms with E-state index >= 15 is 0 Å². The number of carbonyl (C=O) groups is 6. The van der Waals surface area contributed by atoms with Crippen molar-refractivity contribution in [3.8, 4) is 0 Å². The van der Waals surface area contributed by atoms with Crippen molar-refractivity contribution < 1.29 is 47.2 Å². The summed E-state index contributed by atoms with van der Waals surface area (Å²) in [5, 5.41) is 0. The SMILES string of the molecule is CCCCCCCCCCCC(=O)[O][Sn]([CH2]CCC)([O]C(=O)CCCCCCCCCCC)[O]C(=O)CCCCCCCCCCC.CCC[CH2][Sn]([O]C(C)=O)([O]C(C)=O)[O]C(C)=O. The fraction of sp³-hybridized carbons (Fsp3) is 0.880. The summed E-state index contributed by atoms with van der Waals surface area (Å²) in [7, 11) is 0. The van der Waals surface area contributed by atoms with E-state index in [1.165, 1.54) is 136 Å². The molecule has 0 saturated heterocycles. The Morgan fingerprint density at radius 1 is 0.266 bits per heavy atom. The van der Waals surface area contributed by atoms with Crippen molar-refractivity contribution in [1.82, 2.24) is 0 Å². The first-order valence-corrected chi connectivity index (χ1v) is 37.0. The van der Waals surface area contributed by atoms with Gasteiger partial charge in [-0.05, 0) is 0 Å². The first-order valence-electron chi connectivity index (χ1n) is 26.0. The molecule has 64 heavy (non-hydrogen) atoms. The maximum atomic E-state index is 13.1. The van der Waals surface area contributed by atoms with Gasteiger partial charge in [0.2, 0.25) is 0 Å². The van der Waals surface area contributed by atoms with Crippen molar-refractivity contribution in [2.45, 2.75) is 283 Å². The van der Waals surface area contributed by atoms with E-state index in [0.717, 1.165) is 70.6 Å². The Bertz CT molecular complexity index is 1070. The number of rotatable bonds is 42. The number of unbranched alkanes of at least 4 members (excludes halogenated alkanes) is 26. The molecule has 0 heterocycles. The van der Waals surface area contributed by atoms with Crippen LogP contribution in [0.2, 0.25) is 8.87 Å². The molecule has 14 heteroatoms. The Morgan fingerprint density at radius 2 is 0.453 bits per heavy atom. The number of hydrogen-bond acceptors (Lipinski definition) is 12. The van der Waals surface area contributed by atoms with Gasteiger partial charge in [0.15, 0.2) is 0 Å². The van der Waals surface area contributed by atoms with Crippen molar-refractivity contribution in [3.63, 3.8) is 0 Å². The third-order valence-corrected chi connectivity index (χ3v) is 26.1. The van der Waals surface area contributed by atoms with Crippen molar-refractivity contribution in [2.24, 2.45) is 0 Å². The van der Waals surface area contributed by atoms with Gasteiger partial charge >= 0.3 is 384 Å². The standard InChI is InChI=1S/3C12H24O2.2C4H9.3C2H4O2.2Sn/c3*1-2-3-4-5-6-7-8-9-10-11-12(13)14;2*1-3-4-2;3*1-2(3)4;;/h3*2-11H2,1H3,(H,13,14);2*1,3-4H2,2H3;3*1H3,(H,3,4);;/q;;;;;;;;2*+3/p-6. The van der Waals surface area contributed by atoms with Crippen LogP contribution in [0.5, 0.6) is 0 Å². The minimum atomic E-state index is -4.80. The van der Waals surface area contributed by atoms with Crippen molar-refractivity contribution in [1.29, 1.82) is 0 Å². The van der Waals surface area contributed by atoms with Crippen molar-refractivity contribution in [3.05, 3.63) is 0 Å². The van der Waals surface area contributed by atoms with E-state index in [1.807, 2.05) is 6.92 Å². The summed E-state index contributed by atoms with van der Waals surface area (Å²) in [5.41, 5.74) is 0. The monoisotopic (exact) mass is 1130 g/mol. The van der Waals surface area contributed by atoms with Crippen LogP contribution in [0.4, 0.5) is 0 Å². The molecule has 0 bridgehead atoms. The van der Waals surface area contributed by atoms with E-state index in [2.05, 4.69) is 27.7 Å². The van der Waals surface area contributed by atoms with Gasteiger partial charge in [-0.3, -0.25) is 0 Å². The molecular weight excluding hydrogens is 1030 g/mol. The van der Waals surface area contributed by atoms with E-state index in [9.17, 15) is 28.8 Å². The molecule has 0 rings (SSSR count). The van der Waals surface area contributed by atoms with Gasteiger partial charge in [-0.1, -0.05) is 20.8 Å². The van der Waals surface area contributed by atoms with Crippen LogP contribution in [0, 0.1) is 0 Å². The third-order valence-electron chi connectivity index (χ3n) is 10.8. The molecule has 0 saturated carbocycles. The van der Waals surface area contributed by atoms with Gasteiger partial charge in [0.25, 0.3) is 0 Å². The molecule has 0 radical (unpaired) electrons. The molecule has 0 aromatic carbocycles. The van der Waals surface area contributed by atoms with Crippen LogP contribution in [0.25, 0.3) is 0 Å². The van der Waals surface area contributed by atoms with Gasteiger partial charge in [-0.15, -0.1) is 0 Å². The maximum absolute atomic E-state index is 13.1. The second-order valence-electron chi connectivity index (χ2n) is 17.5. The fourth-order valence-electron chi connectivity index (χ4n) is 7.29. The van der Waals surface area contributed by atoms with Crippen LogP contribution < -0.4 is 0 Å². The Balaban J connectivity index is 0.